The maximum Gasteiger partial charge on any atom is 0.133 e. The van der Waals surface area contributed by atoms with E-state index in [9.17, 15) is 8.78 Å². The van der Waals surface area contributed by atoms with E-state index in [1.165, 1.54) is 24.3 Å². The minimum Gasteiger partial charge on any atom is -0.207 e. The van der Waals surface area contributed by atoms with Gasteiger partial charge in [0.15, 0.2) is 0 Å². The number of rotatable bonds is 1. The lowest BCUT2D eigenvalue weighted by molar-refractivity contribution is 0.585. The van der Waals surface area contributed by atoms with Gasteiger partial charge in [-0.1, -0.05) is 17.7 Å². The van der Waals surface area contributed by atoms with E-state index in [1.807, 2.05) is 6.07 Å². The molecule has 0 saturated carbocycles. The summed E-state index contributed by atoms with van der Waals surface area (Å²) in [6.07, 6.45) is 0. The predicted octanol–water partition coefficient (Wildman–Crippen LogP) is 4.16. The number of halogens is 3. The van der Waals surface area contributed by atoms with Crippen molar-refractivity contribution in [2.75, 3.05) is 0 Å². The van der Waals surface area contributed by atoms with E-state index in [0.29, 0.717) is 11.1 Å². The van der Waals surface area contributed by atoms with Crippen LogP contribution in [0.3, 0.4) is 0 Å². The molecular weight excluding hydrogens is 244 g/mol. The molecule has 0 aliphatic carbocycles. The van der Waals surface area contributed by atoms with Gasteiger partial charge in [-0.15, -0.1) is 0 Å². The molecule has 84 valence electrons. The van der Waals surface area contributed by atoms with Crippen LogP contribution in [0, 0.1) is 23.0 Å². The minimum absolute atomic E-state index is 0.244. The summed E-state index contributed by atoms with van der Waals surface area (Å²) in [4.78, 5) is 0. The van der Waals surface area contributed by atoms with Gasteiger partial charge >= 0.3 is 0 Å². The maximum absolute atomic E-state index is 13.5. The topological polar surface area (TPSA) is 23.8 Å². The Kier molecular flexibility index (Phi) is 3.08. The highest BCUT2D eigenvalue weighted by atomic mass is 35.5. The molecule has 0 aliphatic heterocycles. The van der Waals surface area contributed by atoms with Crippen LogP contribution in [0.25, 0.3) is 11.1 Å². The average molecular weight is 250 g/mol. The first kappa shape index (κ1) is 11.6. The van der Waals surface area contributed by atoms with Crippen molar-refractivity contribution in [3.05, 3.63) is 58.6 Å². The van der Waals surface area contributed by atoms with Gasteiger partial charge in [0.05, 0.1) is 10.6 Å². The van der Waals surface area contributed by atoms with Crippen LogP contribution < -0.4 is 0 Å². The number of nitriles is 1. The fourth-order valence-electron chi connectivity index (χ4n) is 1.50. The first-order chi connectivity index (χ1) is 8.11. The van der Waals surface area contributed by atoms with E-state index < -0.39 is 11.6 Å². The van der Waals surface area contributed by atoms with Crippen molar-refractivity contribution in [2.45, 2.75) is 0 Å². The molecule has 0 fully saturated rings. The van der Waals surface area contributed by atoms with Crippen LogP contribution in [-0.2, 0) is 0 Å². The van der Waals surface area contributed by atoms with E-state index in [-0.39, 0.29) is 10.6 Å². The Bertz CT molecular complexity index is 617. The third kappa shape index (κ3) is 2.27. The second kappa shape index (κ2) is 4.52. The summed E-state index contributed by atoms with van der Waals surface area (Å²) in [6.45, 7) is 0. The molecule has 0 aliphatic rings. The summed E-state index contributed by atoms with van der Waals surface area (Å²) in [5.74, 6) is -1.29. The molecule has 2 aromatic rings. The van der Waals surface area contributed by atoms with Gasteiger partial charge in [0.1, 0.15) is 17.7 Å². The lowest BCUT2D eigenvalue weighted by Crippen LogP contribution is -1.87. The quantitative estimate of drug-likeness (QED) is 0.745. The first-order valence-electron chi connectivity index (χ1n) is 4.77. The molecule has 0 aromatic heterocycles. The molecule has 0 atom stereocenters. The third-order valence-electron chi connectivity index (χ3n) is 2.33. The molecule has 0 saturated heterocycles. The lowest BCUT2D eigenvalue weighted by Gasteiger charge is -2.04. The van der Waals surface area contributed by atoms with Gasteiger partial charge < -0.3 is 0 Å². The molecule has 0 spiro atoms. The molecule has 0 N–H and O–H groups in total. The van der Waals surface area contributed by atoms with E-state index in [2.05, 4.69) is 0 Å². The molecule has 0 bridgehead atoms. The zero-order valence-electron chi connectivity index (χ0n) is 8.55. The highest BCUT2D eigenvalue weighted by Gasteiger charge is 2.08. The van der Waals surface area contributed by atoms with E-state index in [0.717, 1.165) is 6.07 Å². The second-order valence-corrected chi connectivity index (χ2v) is 3.84. The number of hydrogen-bond acceptors (Lipinski definition) is 1. The Morgan fingerprint density at radius 2 is 1.82 bits per heavy atom. The summed E-state index contributed by atoms with van der Waals surface area (Å²) in [7, 11) is 0. The molecule has 0 unspecified atom stereocenters. The second-order valence-electron chi connectivity index (χ2n) is 3.43. The fraction of sp³-hybridized carbons (Fsp3) is 0. The molecular formula is C13H6ClF2N. The molecule has 0 radical (unpaired) electrons. The Balaban J connectivity index is 2.54. The zero-order valence-corrected chi connectivity index (χ0v) is 9.30. The standard InChI is InChI=1S/C13H6ClF2N/c14-12-5-8(1-2-9(12)7-17)11-4-3-10(15)6-13(11)16/h1-6H. The van der Waals surface area contributed by atoms with Gasteiger partial charge in [-0.05, 0) is 29.8 Å². The van der Waals surface area contributed by atoms with Crippen molar-refractivity contribution >= 4 is 11.6 Å². The van der Waals surface area contributed by atoms with Gasteiger partial charge in [0.2, 0.25) is 0 Å². The van der Waals surface area contributed by atoms with Crippen LogP contribution in [0.5, 0.6) is 0 Å². The molecule has 4 heteroatoms. The highest BCUT2D eigenvalue weighted by molar-refractivity contribution is 6.32. The fourth-order valence-corrected chi connectivity index (χ4v) is 1.72. The molecule has 0 amide bonds. The van der Waals surface area contributed by atoms with Crippen LogP contribution in [0.1, 0.15) is 5.56 Å². The minimum atomic E-state index is -0.661. The molecule has 2 aromatic carbocycles. The maximum atomic E-state index is 13.5. The van der Waals surface area contributed by atoms with E-state index in [4.69, 9.17) is 16.9 Å². The molecule has 1 nitrogen and oxygen atoms in total. The zero-order chi connectivity index (χ0) is 12.4. The van der Waals surface area contributed by atoms with Crippen molar-refractivity contribution in [2.24, 2.45) is 0 Å². The summed E-state index contributed by atoms with van der Waals surface area (Å²) in [5, 5.41) is 8.96. The van der Waals surface area contributed by atoms with E-state index in [1.54, 1.807) is 6.07 Å². The Morgan fingerprint density at radius 1 is 1.06 bits per heavy atom. The average Bonchev–Trinajstić information content (AvgIpc) is 2.29. The summed E-state index contributed by atoms with van der Waals surface area (Å²) in [6, 6.07) is 9.78. The summed E-state index contributed by atoms with van der Waals surface area (Å²) >= 11 is 5.84. The molecule has 2 rings (SSSR count). The highest BCUT2D eigenvalue weighted by Crippen LogP contribution is 2.27. The third-order valence-corrected chi connectivity index (χ3v) is 2.64. The first-order valence-corrected chi connectivity index (χ1v) is 5.14. The van der Waals surface area contributed by atoms with Gasteiger partial charge in [-0.3, -0.25) is 0 Å². The molecule has 17 heavy (non-hydrogen) atoms. The summed E-state index contributed by atoms with van der Waals surface area (Å²) in [5.41, 5.74) is 1.07. The summed E-state index contributed by atoms with van der Waals surface area (Å²) < 4.78 is 26.3. The molecule has 0 heterocycles. The number of benzene rings is 2. The normalized spacial score (nSPS) is 10.0. The van der Waals surface area contributed by atoms with Crippen LogP contribution in [-0.4, -0.2) is 0 Å². The van der Waals surface area contributed by atoms with Crippen molar-refractivity contribution in [3.63, 3.8) is 0 Å². The van der Waals surface area contributed by atoms with Crippen LogP contribution in [0.15, 0.2) is 36.4 Å². The van der Waals surface area contributed by atoms with Crippen LogP contribution >= 0.6 is 11.6 Å². The largest absolute Gasteiger partial charge is 0.207 e. The van der Waals surface area contributed by atoms with Crippen molar-refractivity contribution < 1.29 is 8.78 Å². The SMILES string of the molecule is N#Cc1ccc(-c2ccc(F)cc2F)cc1Cl. The Hall–Kier alpha value is -1.92. The monoisotopic (exact) mass is 249 g/mol. The van der Waals surface area contributed by atoms with Crippen molar-refractivity contribution in [1.29, 1.82) is 5.26 Å². The number of nitrogens with zero attached hydrogens (tertiary/aromatic N) is 1. The smallest absolute Gasteiger partial charge is 0.133 e. The van der Waals surface area contributed by atoms with Gasteiger partial charge in [-0.2, -0.15) is 5.26 Å². The van der Waals surface area contributed by atoms with Crippen LogP contribution in [0.2, 0.25) is 5.02 Å². The Morgan fingerprint density at radius 3 is 2.41 bits per heavy atom. The predicted molar refractivity (Wildman–Crippen MR) is 61.5 cm³/mol. The van der Waals surface area contributed by atoms with E-state index >= 15 is 0 Å². The van der Waals surface area contributed by atoms with Gasteiger partial charge in [-0.25, -0.2) is 8.78 Å². The van der Waals surface area contributed by atoms with Crippen molar-refractivity contribution in [3.8, 4) is 17.2 Å². The lowest BCUT2D eigenvalue weighted by atomic mass is 10.0. The van der Waals surface area contributed by atoms with Crippen LogP contribution in [0.4, 0.5) is 8.78 Å². The van der Waals surface area contributed by atoms with Gasteiger partial charge in [0, 0.05) is 11.6 Å². The number of hydrogen-bond donors (Lipinski definition) is 0. The van der Waals surface area contributed by atoms with Gasteiger partial charge in [0.25, 0.3) is 0 Å². The Labute approximate surface area is 102 Å². The van der Waals surface area contributed by atoms with Crippen molar-refractivity contribution in [1.82, 2.24) is 0 Å².